The van der Waals surface area contributed by atoms with Gasteiger partial charge in [-0.15, -0.1) is 21.0 Å². The topological polar surface area (TPSA) is 131 Å². The highest BCUT2D eigenvalue weighted by molar-refractivity contribution is 8.25. The fourth-order valence-corrected chi connectivity index (χ4v) is 5.59. The van der Waals surface area contributed by atoms with Gasteiger partial charge in [-0.25, -0.2) is 4.98 Å². The van der Waals surface area contributed by atoms with E-state index in [-0.39, 0.29) is 11.4 Å². The minimum absolute atomic E-state index is 0.122. The molecule has 1 aliphatic heterocycles. The number of aromatic hydroxyl groups is 1. The van der Waals surface area contributed by atoms with Gasteiger partial charge in [0, 0.05) is 24.5 Å². The van der Waals surface area contributed by atoms with Crippen molar-refractivity contribution in [2.45, 2.75) is 25.7 Å². The molecule has 5 rings (SSSR count). The van der Waals surface area contributed by atoms with Crippen molar-refractivity contribution in [3.63, 3.8) is 0 Å². The second kappa shape index (κ2) is 8.38. The molecule has 0 saturated carbocycles. The molecule has 1 fully saturated rings. The first-order valence-electron chi connectivity index (χ1n) is 10.5. The first kappa shape index (κ1) is 20.7. The fraction of sp³-hybridized carbons (Fsp3) is 0.273. The number of aromatic amines is 1. The van der Waals surface area contributed by atoms with Gasteiger partial charge in [-0.05, 0) is 37.0 Å². The van der Waals surface area contributed by atoms with Gasteiger partial charge < -0.3 is 10.1 Å². The number of pyridine rings is 2. The van der Waals surface area contributed by atoms with Crippen molar-refractivity contribution >= 4 is 27.5 Å². The molecule has 3 aromatic heterocycles. The summed E-state index contributed by atoms with van der Waals surface area (Å²) < 4.78 is 22.9. The minimum atomic E-state index is -3.00. The molecule has 32 heavy (non-hydrogen) atoms. The summed E-state index contributed by atoms with van der Waals surface area (Å²) in [4.78, 5) is 12.1. The third-order valence-electron chi connectivity index (χ3n) is 5.58. The fourth-order valence-electron chi connectivity index (χ4n) is 3.94. The Hall–Kier alpha value is -3.21. The molecule has 10 heteroatoms. The Balaban J connectivity index is 1.53. The summed E-state index contributed by atoms with van der Waals surface area (Å²) in [5.74, 6) is 1.53. The number of nitrogens with one attached hydrogen (secondary N) is 1. The van der Waals surface area contributed by atoms with Crippen LogP contribution in [0.15, 0.2) is 48.7 Å². The van der Waals surface area contributed by atoms with E-state index in [2.05, 4.69) is 37.3 Å². The van der Waals surface area contributed by atoms with Gasteiger partial charge in [-0.2, -0.15) is 0 Å². The van der Waals surface area contributed by atoms with E-state index in [0.29, 0.717) is 47.1 Å². The number of nitrogens with zero attached hydrogens (tertiary/aromatic N) is 5. The van der Waals surface area contributed by atoms with E-state index in [1.54, 1.807) is 18.3 Å². The molecule has 1 saturated heterocycles. The number of hydrogen-bond acceptors (Lipinski definition) is 8. The Kier molecular flexibility index (Phi) is 5.41. The van der Waals surface area contributed by atoms with Crippen LogP contribution in [-0.4, -0.2) is 51.7 Å². The van der Waals surface area contributed by atoms with Crippen molar-refractivity contribution in [2.24, 2.45) is 0 Å². The Bertz CT molecular complexity index is 1250. The normalized spacial score (nSPS) is 16.9. The summed E-state index contributed by atoms with van der Waals surface area (Å²) in [5, 5.41) is 19.9. The standard InChI is InChI=1S/C22H24N6O3S/c29-20-18-16(9-6-12-23-18)22(28-13-4-5-14-32(28,30)31)25-19(20)21-24-17(26-27-21)11-10-15-7-2-1-3-8-15/h1-3,6-9,12,29-31H,4-5,10-11,13-14H2,(H,24,26,27). The lowest BCUT2D eigenvalue weighted by atomic mass is 10.1. The van der Waals surface area contributed by atoms with Crippen LogP contribution in [0.25, 0.3) is 22.4 Å². The number of aromatic nitrogens is 5. The SMILES string of the molecule is Oc1c(-c2nnc(CCc3ccccc3)[nH]2)nc(N2CCCCS2(O)O)c2cccnc12. The van der Waals surface area contributed by atoms with Crippen LogP contribution in [0.4, 0.5) is 5.82 Å². The number of benzene rings is 1. The molecule has 0 unspecified atom stereocenters. The third-order valence-corrected chi connectivity index (χ3v) is 7.48. The van der Waals surface area contributed by atoms with Crippen molar-refractivity contribution in [1.29, 1.82) is 0 Å². The zero-order valence-corrected chi connectivity index (χ0v) is 18.2. The highest BCUT2D eigenvalue weighted by Gasteiger charge is 2.31. The molecule has 4 aromatic rings. The maximum atomic E-state index is 10.9. The number of rotatable bonds is 5. The second-order valence-corrected chi connectivity index (χ2v) is 9.90. The maximum absolute atomic E-state index is 10.9. The van der Waals surface area contributed by atoms with Gasteiger partial charge in [0.25, 0.3) is 0 Å². The van der Waals surface area contributed by atoms with Crippen LogP contribution in [0.5, 0.6) is 5.75 Å². The first-order chi connectivity index (χ1) is 15.5. The number of hydrogen-bond donors (Lipinski definition) is 4. The van der Waals surface area contributed by atoms with Crippen molar-refractivity contribution in [2.75, 3.05) is 16.6 Å². The summed E-state index contributed by atoms with van der Waals surface area (Å²) in [6.45, 7) is 0.461. The van der Waals surface area contributed by atoms with E-state index in [1.807, 2.05) is 18.2 Å². The molecule has 166 valence electrons. The average Bonchev–Trinajstić information content (AvgIpc) is 3.28. The van der Waals surface area contributed by atoms with Gasteiger partial charge in [-0.3, -0.25) is 18.4 Å². The predicted molar refractivity (Wildman–Crippen MR) is 125 cm³/mol. The highest BCUT2D eigenvalue weighted by atomic mass is 32.3. The monoisotopic (exact) mass is 452 g/mol. The van der Waals surface area contributed by atoms with E-state index in [1.165, 1.54) is 9.87 Å². The Morgan fingerprint density at radius 2 is 1.84 bits per heavy atom. The molecule has 0 atom stereocenters. The predicted octanol–water partition coefficient (Wildman–Crippen LogP) is 4.17. The van der Waals surface area contributed by atoms with Gasteiger partial charge in [0.1, 0.15) is 11.3 Å². The van der Waals surface area contributed by atoms with Gasteiger partial charge >= 0.3 is 0 Å². The van der Waals surface area contributed by atoms with Crippen LogP contribution < -0.4 is 4.31 Å². The van der Waals surface area contributed by atoms with Crippen LogP contribution in [0.3, 0.4) is 0 Å². The lowest BCUT2D eigenvalue weighted by molar-refractivity contribution is 0.466. The van der Waals surface area contributed by atoms with E-state index in [0.717, 1.165) is 19.3 Å². The summed E-state index contributed by atoms with van der Waals surface area (Å²) in [5.41, 5.74) is 1.71. The van der Waals surface area contributed by atoms with Crippen molar-refractivity contribution in [3.05, 3.63) is 60.0 Å². The quantitative estimate of drug-likeness (QED) is 0.355. The number of fused-ring (bicyclic) bond motifs is 1. The number of aryl methyl sites for hydroxylation is 2. The van der Waals surface area contributed by atoms with Crippen LogP contribution in [0.1, 0.15) is 24.2 Å². The number of H-pyrrole nitrogens is 1. The zero-order chi connectivity index (χ0) is 22.1. The zero-order valence-electron chi connectivity index (χ0n) is 17.3. The largest absolute Gasteiger partial charge is 0.504 e. The molecule has 4 N–H and O–H groups in total. The summed E-state index contributed by atoms with van der Waals surface area (Å²) >= 11 is 0. The van der Waals surface area contributed by atoms with Gasteiger partial charge in [0.05, 0.1) is 5.75 Å². The molecule has 0 spiro atoms. The lowest BCUT2D eigenvalue weighted by Gasteiger charge is -2.47. The molecule has 0 radical (unpaired) electrons. The number of anilines is 1. The molecule has 0 amide bonds. The van der Waals surface area contributed by atoms with E-state index in [4.69, 9.17) is 0 Å². The second-order valence-electron chi connectivity index (χ2n) is 7.78. The molecular formula is C22H24N6O3S. The molecule has 1 aromatic carbocycles. The summed E-state index contributed by atoms with van der Waals surface area (Å²) in [7, 11) is -3.00. The molecule has 4 heterocycles. The Morgan fingerprint density at radius 1 is 1.00 bits per heavy atom. The highest BCUT2D eigenvalue weighted by Crippen LogP contribution is 2.51. The Morgan fingerprint density at radius 3 is 2.66 bits per heavy atom. The van der Waals surface area contributed by atoms with Crippen LogP contribution in [0.2, 0.25) is 0 Å². The molecular weight excluding hydrogens is 428 g/mol. The molecule has 1 aliphatic rings. The minimum Gasteiger partial charge on any atom is -0.504 e. The van der Waals surface area contributed by atoms with Gasteiger partial charge in [-0.1, -0.05) is 30.3 Å². The van der Waals surface area contributed by atoms with Crippen molar-refractivity contribution < 1.29 is 14.2 Å². The summed E-state index contributed by atoms with van der Waals surface area (Å²) in [6.07, 6.45) is 4.60. The maximum Gasteiger partial charge on any atom is 0.184 e. The van der Waals surface area contributed by atoms with Gasteiger partial charge in [0.2, 0.25) is 0 Å². The lowest BCUT2D eigenvalue weighted by Crippen LogP contribution is -2.35. The molecule has 0 aliphatic carbocycles. The van der Waals surface area contributed by atoms with E-state index < -0.39 is 10.8 Å². The Labute approximate surface area is 186 Å². The first-order valence-corrected chi connectivity index (χ1v) is 12.2. The smallest absolute Gasteiger partial charge is 0.184 e. The van der Waals surface area contributed by atoms with Crippen LogP contribution >= 0.6 is 10.8 Å². The molecule has 9 nitrogen and oxygen atoms in total. The van der Waals surface area contributed by atoms with Gasteiger partial charge in [0.15, 0.2) is 23.1 Å². The van der Waals surface area contributed by atoms with Crippen LogP contribution in [0, 0.1) is 0 Å². The third kappa shape index (κ3) is 3.88. The van der Waals surface area contributed by atoms with E-state index >= 15 is 0 Å². The van der Waals surface area contributed by atoms with Crippen molar-refractivity contribution in [1.82, 2.24) is 25.1 Å². The average molecular weight is 453 g/mol. The van der Waals surface area contributed by atoms with Crippen LogP contribution in [-0.2, 0) is 12.8 Å². The summed E-state index contributed by atoms with van der Waals surface area (Å²) in [6, 6.07) is 13.6. The van der Waals surface area contributed by atoms with E-state index in [9.17, 15) is 14.2 Å². The van der Waals surface area contributed by atoms with Crippen molar-refractivity contribution in [3.8, 4) is 17.3 Å². The molecule has 0 bridgehead atoms.